The lowest BCUT2D eigenvalue weighted by Crippen LogP contribution is -2.27. The summed E-state index contributed by atoms with van der Waals surface area (Å²) >= 11 is 0. The van der Waals surface area contributed by atoms with E-state index >= 15 is 0 Å². The zero-order chi connectivity index (χ0) is 15.6. The molecule has 0 atom stereocenters. The minimum atomic E-state index is -0.177. The molecule has 0 aromatic rings. The molecule has 21 heavy (non-hydrogen) atoms. The second kappa shape index (κ2) is 18.7. The van der Waals surface area contributed by atoms with Crippen LogP contribution in [-0.4, -0.2) is 25.9 Å². The monoisotopic (exact) mass is 344 g/mol. The van der Waals surface area contributed by atoms with Gasteiger partial charge in [-0.2, -0.15) is 0 Å². The van der Waals surface area contributed by atoms with Gasteiger partial charge in [-0.25, -0.2) is 0 Å². The molecule has 0 aliphatic carbocycles. The molecule has 0 aromatic heterocycles. The normalized spacial score (nSPS) is 12.6. The predicted molar refractivity (Wildman–Crippen MR) is 111 cm³/mol. The molecule has 0 amide bonds. The summed E-state index contributed by atoms with van der Waals surface area (Å²) in [7, 11) is 0.781. The molecule has 0 saturated carbocycles. The first-order valence-electron chi connectivity index (χ1n) is 10.3. The molecular weight excluding hydrogens is 300 g/mol. The lowest BCUT2D eigenvalue weighted by molar-refractivity contribution is 0.688. The van der Waals surface area contributed by atoms with Crippen LogP contribution in [0.25, 0.3) is 0 Å². The van der Waals surface area contributed by atoms with E-state index in [0.717, 1.165) is 0 Å². The summed E-state index contributed by atoms with van der Waals surface area (Å²) in [4.78, 5) is 0. The summed E-state index contributed by atoms with van der Waals surface area (Å²) in [6, 6.07) is 5.22. The van der Waals surface area contributed by atoms with Crippen LogP contribution in [0.3, 0.4) is 0 Å². The van der Waals surface area contributed by atoms with Gasteiger partial charge in [0.05, 0.1) is 0 Å². The van der Waals surface area contributed by atoms with Crippen molar-refractivity contribution in [2.24, 2.45) is 0 Å². The van der Waals surface area contributed by atoms with Gasteiger partial charge in [-0.3, -0.25) is 0 Å². The fraction of sp³-hybridized carbons (Fsp3) is 1.00. The third-order valence-electron chi connectivity index (χ3n) is 4.90. The zero-order valence-corrected chi connectivity index (χ0v) is 19.6. The quantitative estimate of drug-likeness (QED) is 0.254. The average molecular weight is 345 g/mol. The predicted octanol–water partition coefficient (Wildman–Crippen LogP) is 5.12. The van der Waals surface area contributed by atoms with Crippen molar-refractivity contribution in [2.75, 3.05) is 0 Å². The summed E-state index contributed by atoms with van der Waals surface area (Å²) < 4.78 is 0. The van der Waals surface area contributed by atoms with E-state index in [9.17, 15) is 0 Å². The van der Waals surface area contributed by atoms with Crippen molar-refractivity contribution in [2.45, 2.75) is 116 Å². The highest BCUT2D eigenvalue weighted by molar-refractivity contribution is 7.35. The molecule has 0 nitrogen and oxygen atoms in total. The molecule has 0 fully saturated rings. The van der Waals surface area contributed by atoms with Crippen molar-refractivity contribution in [1.29, 1.82) is 0 Å². The minimum Gasteiger partial charge on any atom is -0.0654 e. The Morgan fingerprint density at radius 1 is 0.571 bits per heavy atom. The summed E-state index contributed by atoms with van der Waals surface area (Å²) in [5.74, 6) is 0. The molecule has 0 aliphatic heterocycles. The van der Waals surface area contributed by atoms with Crippen molar-refractivity contribution in [3.63, 3.8) is 0 Å². The maximum absolute atomic E-state index is 2.34. The van der Waals surface area contributed by atoms with Crippen LogP contribution >= 0.6 is 0 Å². The van der Waals surface area contributed by atoms with Gasteiger partial charge in [-0.15, -0.1) is 0 Å². The molecule has 0 unspecified atom stereocenters. The Kier molecular flexibility index (Phi) is 19.3. The Morgan fingerprint density at radius 3 is 1.52 bits per heavy atom. The van der Waals surface area contributed by atoms with E-state index in [2.05, 4.69) is 20.8 Å². The minimum absolute atomic E-state index is 0.177. The van der Waals surface area contributed by atoms with Crippen LogP contribution in [-0.2, 0) is 0 Å². The van der Waals surface area contributed by atoms with Crippen LogP contribution in [0.15, 0.2) is 0 Å². The molecule has 0 radical (unpaired) electrons. The van der Waals surface area contributed by atoms with Gasteiger partial charge in [-0.05, 0) is 0 Å². The highest BCUT2D eigenvalue weighted by Crippen LogP contribution is 2.13. The van der Waals surface area contributed by atoms with Crippen LogP contribution in [0, 0.1) is 0 Å². The van der Waals surface area contributed by atoms with Crippen LogP contribution in [0.4, 0.5) is 0 Å². The van der Waals surface area contributed by atoms with Crippen LogP contribution in [0.5, 0.6) is 0 Å². The van der Waals surface area contributed by atoms with Crippen molar-refractivity contribution >= 4 is 25.9 Å². The molecule has 0 heterocycles. The highest BCUT2D eigenvalue weighted by Gasteiger charge is 2.10. The van der Waals surface area contributed by atoms with Gasteiger partial charge >= 0.3 is 0 Å². The molecule has 0 rings (SSSR count). The van der Waals surface area contributed by atoms with Gasteiger partial charge in [0.25, 0.3) is 0 Å². The van der Waals surface area contributed by atoms with E-state index in [0.29, 0.717) is 17.6 Å². The van der Waals surface area contributed by atoms with Gasteiger partial charge < -0.3 is 0 Å². The summed E-state index contributed by atoms with van der Waals surface area (Å²) in [6.07, 6.45) is 18.1. The van der Waals surface area contributed by atoms with Gasteiger partial charge in [0.2, 0.25) is 0 Å². The van der Waals surface area contributed by atoms with Gasteiger partial charge in [-0.1, -0.05) is 116 Å². The maximum Gasteiger partial charge on any atom is 0.0210 e. The first kappa shape index (κ1) is 21.7. The number of hydrogen-bond acceptors (Lipinski definition) is 0. The number of hydrogen-bond donors (Lipinski definition) is 0. The fourth-order valence-corrected chi connectivity index (χ4v) is 27.7. The molecule has 0 aliphatic rings. The van der Waals surface area contributed by atoms with E-state index in [1.54, 1.807) is 50.2 Å². The van der Waals surface area contributed by atoms with E-state index in [-0.39, 0.29) is 8.31 Å². The van der Waals surface area contributed by atoms with E-state index in [1.165, 1.54) is 44.9 Å². The Bertz CT molecular complexity index is 173. The molecule has 3 heteroatoms. The fourth-order valence-electron chi connectivity index (χ4n) is 3.37. The third kappa shape index (κ3) is 16.8. The Labute approximate surface area is 142 Å². The van der Waals surface area contributed by atoms with Crippen LogP contribution in [0.2, 0.25) is 18.1 Å². The standard InChI is InChI=1S/C18H44Si3/c1-4-7-10-13-16-19-20-21(17-14-11-8-5-2)18-15-12-9-6-3/h21H,4-20H2,1-3H3. The Balaban J connectivity index is 3.67. The van der Waals surface area contributed by atoms with E-state index in [1.807, 2.05) is 0 Å². The maximum atomic E-state index is 2.34. The SMILES string of the molecule is CCCCCC[SiH2][SiH2][SiH](CCCCCC)CCCCCC. The van der Waals surface area contributed by atoms with E-state index in [4.69, 9.17) is 0 Å². The summed E-state index contributed by atoms with van der Waals surface area (Å²) in [5, 5.41) is 0. The molecule has 0 bridgehead atoms. The Morgan fingerprint density at radius 2 is 1.05 bits per heavy atom. The lowest BCUT2D eigenvalue weighted by Gasteiger charge is -2.14. The highest BCUT2D eigenvalue weighted by atomic mass is 29.5. The molecule has 0 saturated heterocycles. The first-order chi connectivity index (χ1) is 10.3. The van der Waals surface area contributed by atoms with Crippen molar-refractivity contribution < 1.29 is 0 Å². The lowest BCUT2D eigenvalue weighted by atomic mass is 10.2. The van der Waals surface area contributed by atoms with E-state index < -0.39 is 0 Å². The largest absolute Gasteiger partial charge is 0.0654 e. The van der Waals surface area contributed by atoms with Crippen molar-refractivity contribution in [1.82, 2.24) is 0 Å². The second-order valence-electron chi connectivity index (χ2n) is 7.12. The van der Waals surface area contributed by atoms with Crippen LogP contribution < -0.4 is 0 Å². The summed E-state index contributed by atoms with van der Waals surface area (Å²) in [5.41, 5.74) is 0. The molecule has 0 spiro atoms. The average Bonchev–Trinajstić information content (AvgIpc) is 2.50. The smallest absolute Gasteiger partial charge is 0.0210 e. The molecule has 0 N–H and O–H groups in total. The van der Waals surface area contributed by atoms with Crippen LogP contribution in [0.1, 0.15) is 97.8 Å². The van der Waals surface area contributed by atoms with Crippen molar-refractivity contribution in [3.8, 4) is 0 Å². The Hall–Kier alpha value is 0.651. The first-order valence-corrected chi connectivity index (χ1v) is 20.2. The molecule has 128 valence electrons. The zero-order valence-electron chi connectivity index (χ0n) is 15.6. The number of rotatable bonds is 17. The number of unbranched alkanes of at least 4 members (excludes halogenated alkanes) is 9. The molecular formula is C18H44Si3. The second-order valence-corrected chi connectivity index (χ2v) is 24.5. The van der Waals surface area contributed by atoms with Gasteiger partial charge in [0.1, 0.15) is 0 Å². The van der Waals surface area contributed by atoms with Gasteiger partial charge in [0.15, 0.2) is 0 Å². The summed E-state index contributed by atoms with van der Waals surface area (Å²) in [6.45, 7) is 7.02. The molecule has 0 aromatic carbocycles. The van der Waals surface area contributed by atoms with Crippen molar-refractivity contribution in [3.05, 3.63) is 0 Å². The van der Waals surface area contributed by atoms with Gasteiger partial charge in [0, 0.05) is 25.9 Å². The third-order valence-corrected chi connectivity index (χ3v) is 28.2. The topological polar surface area (TPSA) is 0 Å².